The van der Waals surface area contributed by atoms with Crippen LogP contribution in [-0.4, -0.2) is 15.6 Å². The van der Waals surface area contributed by atoms with Crippen molar-refractivity contribution in [3.8, 4) is 0 Å². The van der Waals surface area contributed by atoms with Gasteiger partial charge < -0.3 is 9.67 Å². The number of carboxylic acid groups (broad SMARTS) is 1. The molecule has 2 aromatic rings. The Labute approximate surface area is 115 Å². The number of carboxylic acids is 1. The van der Waals surface area contributed by atoms with E-state index in [1.807, 2.05) is 18.4 Å². The van der Waals surface area contributed by atoms with E-state index in [4.69, 9.17) is 16.7 Å². The highest BCUT2D eigenvalue weighted by Crippen LogP contribution is 2.22. The molecule has 1 heterocycles. The molecule has 100 valence electrons. The summed E-state index contributed by atoms with van der Waals surface area (Å²) >= 11 is 5.90. The van der Waals surface area contributed by atoms with Crippen molar-refractivity contribution in [2.75, 3.05) is 0 Å². The maximum absolute atomic E-state index is 12.0. The topological polar surface area (TPSA) is 59.3 Å². The molecule has 0 aliphatic carbocycles. The first-order valence-corrected chi connectivity index (χ1v) is 6.33. The lowest BCUT2D eigenvalue weighted by atomic mass is 10.1. The molecule has 0 unspecified atom stereocenters. The molecule has 0 saturated carbocycles. The number of hydrogen-bond acceptors (Lipinski definition) is 2. The zero-order chi connectivity index (χ0) is 14.2. The number of fused-ring (bicyclic) bond motifs is 1. The van der Waals surface area contributed by atoms with E-state index < -0.39 is 5.97 Å². The fourth-order valence-corrected chi connectivity index (χ4v) is 2.44. The number of aliphatic carboxylic acids is 1. The summed E-state index contributed by atoms with van der Waals surface area (Å²) in [7, 11) is 0. The predicted molar refractivity (Wildman–Crippen MR) is 74.9 cm³/mol. The molecule has 1 aromatic heterocycles. The van der Waals surface area contributed by atoms with Gasteiger partial charge in [-0.25, -0.2) is 0 Å². The molecule has 4 nitrogen and oxygen atoms in total. The Bertz CT molecular complexity index is 704. The second-order valence-corrected chi connectivity index (χ2v) is 5.13. The Morgan fingerprint density at radius 3 is 2.63 bits per heavy atom. The van der Waals surface area contributed by atoms with E-state index in [2.05, 4.69) is 0 Å². The van der Waals surface area contributed by atoms with E-state index in [9.17, 15) is 9.59 Å². The van der Waals surface area contributed by atoms with Gasteiger partial charge in [-0.05, 0) is 32.0 Å². The zero-order valence-corrected chi connectivity index (χ0v) is 11.4. The molecule has 0 amide bonds. The number of benzene rings is 1. The average molecular weight is 280 g/mol. The number of nitrogens with zero attached hydrogens (tertiary/aromatic N) is 1. The molecule has 19 heavy (non-hydrogen) atoms. The van der Waals surface area contributed by atoms with Gasteiger partial charge in [0.2, 0.25) is 0 Å². The zero-order valence-electron chi connectivity index (χ0n) is 10.7. The van der Waals surface area contributed by atoms with Gasteiger partial charge in [0.15, 0.2) is 5.43 Å². The Hall–Kier alpha value is -1.81. The van der Waals surface area contributed by atoms with Crippen LogP contribution in [0.2, 0.25) is 5.02 Å². The van der Waals surface area contributed by atoms with E-state index in [0.717, 1.165) is 0 Å². The minimum Gasteiger partial charge on any atom is -0.481 e. The van der Waals surface area contributed by atoms with Crippen molar-refractivity contribution in [3.63, 3.8) is 0 Å². The molecule has 5 heteroatoms. The van der Waals surface area contributed by atoms with Crippen molar-refractivity contribution in [3.05, 3.63) is 45.2 Å². The standard InChI is InChI=1S/C14H14ClNO3/c1-8(2)16-10(7-14(18)19)6-13(17)11-5-9(15)3-4-12(11)16/h3-6,8H,7H2,1-2H3,(H,18,19). The first-order chi connectivity index (χ1) is 8.90. The highest BCUT2D eigenvalue weighted by molar-refractivity contribution is 6.31. The predicted octanol–water partition coefficient (Wildman–Crippen LogP) is 2.86. The van der Waals surface area contributed by atoms with Crippen LogP contribution in [0.4, 0.5) is 0 Å². The number of pyridine rings is 1. The summed E-state index contributed by atoms with van der Waals surface area (Å²) in [4.78, 5) is 23.0. The smallest absolute Gasteiger partial charge is 0.309 e. The number of halogens is 1. The van der Waals surface area contributed by atoms with E-state index in [0.29, 0.717) is 21.6 Å². The van der Waals surface area contributed by atoms with Gasteiger partial charge in [0, 0.05) is 28.2 Å². The van der Waals surface area contributed by atoms with Crippen LogP contribution in [0.3, 0.4) is 0 Å². The fourth-order valence-electron chi connectivity index (χ4n) is 2.27. The Kier molecular flexibility index (Phi) is 3.62. The van der Waals surface area contributed by atoms with Crippen LogP contribution in [0.1, 0.15) is 25.6 Å². The molecular weight excluding hydrogens is 266 g/mol. The van der Waals surface area contributed by atoms with Gasteiger partial charge in [-0.1, -0.05) is 11.6 Å². The average Bonchev–Trinajstić information content (AvgIpc) is 2.28. The van der Waals surface area contributed by atoms with Gasteiger partial charge >= 0.3 is 5.97 Å². The quantitative estimate of drug-likeness (QED) is 0.940. The van der Waals surface area contributed by atoms with Crippen molar-refractivity contribution >= 4 is 28.5 Å². The van der Waals surface area contributed by atoms with Crippen LogP contribution in [0.25, 0.3) is 10.9 Å². The van der Waals surface area contributed by atoms with Crippen molar-refractivity contribution in [2.45, 2.75) is 26.3 Å². The van der Waals surface area contributed by atoms with E-state index >= 15 is 0 Å². The molecule has 0 radical (unpaired) electrons. The van der Waals surface area contributed by atoms with Gasteiger partial charge in [0.1, 0.15) is 0 Å². The molecule has 0 aliphatic rings. The molecule has 0 saturated heterocycles. The third kappa shape index (κ3) is 2.63. The minimum absolute atomic E-state index is 0.0543. The Morgan fingerprint density at radius 2 is 2.05 bits per heavy atom. The molecule has 0 aliphatic heterocycles. The number of rotatable bonds is 3. The molecule has 1 N–H and O–H groups in total. The molecule has 2 rings (SSSR count). The Morgan fingerprint density at radius 1 is 1.37 bits per heavy atom. The summed E-state index contributed by atoms with van der Waals surface area (Å²) in [6, 6.07) is 6.51. The van der Waals surface area contributed by atoms with Crippen molar-refractivity contribution < 1.29 is 9.90 Å². The van der Waals surface area contributed by atoms with Gasteiger partial charge in [-0.15, -0.1) is 0 Å². The lowest BCUT2D eigenvalue weighted by Crippen LogP contribution is -2.18. The highest BCUT2D eigenvalue weighted by atomic mass is 35.5. The summed E-state index contributed by atoms with van der Waals surface area (Å²) in [6.07, 6.45) is -0.175. The molecule has 0 bridgehead atoms. The minimum atomic E-state index is -0.956. The van der Waals surface area contributed by atoms with Crippen LogP contribution in [-0.2, 0) is 11.2 Å². The maximum Gasteiger partial charge on any atom is 0.309 e. The summed E-state index contributed by atoms with van der Waals surface area (Å²) in [5.74, 6) is -0.956. The SMILES string of the molecule is CC(C)n1c(CC(=O)O)cc(=O)c2cc(Cl)ccc21. The van der Waals surface area contributed by atoms with Gasteiger partial charge in [0.05, 0.1) is 11.9 Å². The monoisotopic (exact) mass is 279 g/mol. The van der Waals surface area contributed by atoms with Gasteiger partial charge in [0.25, 0.3) is 0 Å². The number of aromatic nitrogens is 1. The second-order valence-electron chi connectivity index (χ2n) is 4.70. The Balaban J connectivity index is 2.84. The summed E-state index contributed by atoms with van der Waals surface area (Å²) in [6.45, 7) is 3.90. The van der Waals surface area contributed by atoms with Crippen LogP contribution < -0.4 is 5.43 Å². The van der Waals surface area contributed by atoms with E-state index in [-0.39, 0.29) is 17.9 Å². The summed E-state index contributed by atoms with van der Waals surface area (Å²) in [5, 5.41) is 9.94. The third-order valence-corrected chi connectivity index (χ3v) is 3.17. The van der Waals surface area contributed by atoms with Crippen molar-refractivity contribution in [1.29, 1.82) is 0 Å². The van der Waals surface area contributed by atoms with Gasteiger partial charge in [-0.2, -0.15) is 0 Å². The normalized spacial score (nSPS) is 11.2. The van der Waals surface area contributed by atoms with Crippen LogP contribution in [0.15, 0.2) is 29.1 Å². The number of hydrogen-bond donors (Lipinski definition) is 1. The molecular formula is C14H14ClNO3. The van der Waals surface area contributed by atoms with Crippen molar-refractivity contribution in [2.24, 2.45) is 0 Å². The van der Waals surface area contributed by atoms with Gasteiger partial charge in [-0.3, -0.25) is 9.59 Å². The maximum atomic E-state index is 12.0. The lowest BCUT2D eigenvalue weighted by molar-refractivity contribution is -0.136. The number of carbonyl (C=O) groups is 1. The largest absolute Gasteiger partial charge is 0.481 e. The second kappa shape index (κ2) is 5.05. The van der Waals surface area contributed by atoms with E-state index in [1.54, 1.807) is 18.2 Å². The van der Waals surface area contributed by atoms with Crippen LogP contribution in [0, 0.1) is 0 Å². The molecule has 1 aromatic carbocycles. The summed E-state index contributed by atoms with van der Waals surface area (Å²) < 4.78 is 1.86. The molecule has 0 fully saturated rings. The first-order valence-electron chi connectivity index (χ1n) is 5.95. The molecule has 0 atom stereocenters. The van der Waals surface area contributed by atoms with Crippen molar-refractivity contribution in [1.82, 2.24) is 4.57 Å². The molecule has 0 spiro atoms. The third-order valence-electron chi connectivity index (χ3n) is 2.94. The summed E-state index contributed by atoms with van der Waals surface area (Å²) in [5.41, 5.74) is 1.01. The van der Waals surface area contributed by atoms with Crippen LogP contribution in [0.5, 0.6) is 0 Å². The first kappa shape index (κ1) is 13.6. The highest BCUT2D eigenvalue weighted by Gasteiger charge is 2.14. The van der Waals surface area contributed by atoms with E-state index in [1.165, 1.54) is 6.07 Å². The van der Waals surface area contributed by atoms with Crippen LogP contribution >= 0.6 is 11.6 Å². The fraction of sp³-hybridized carbons (Fsp3) is 0.286. The lowest BCUT2D eigenvalue weighted by Gasteiger charge is -2.19.